The van der Waals surface area contributed by atoms with Gasteiger partial charge in [0.05, 0.1) is 11.3 Å². The molecule has 0 atom stereocenters. The van der Waals surface area contributed by atoms with Crippen molar-refractivity contribution in [2.24, 2.45) is 7.05 Å². The first kappa shape index (κ1) is 19.0. The molecule has 0 amide bonds. The van der Waals surface area contributed by atoms with E-state index in [2.05, 4.69) is 10.2 Å². The summed E-state index contributed by atoms with van der Waals surface area (Å²) in [6, 6.07) is 10.5. The lowest BCUT2D eigenvalue weighted by atomic mass is 9.98. The van der Waals surface area contributed by atoms with E-state index in [1.54, 1.807) is 6.07 Å². The molecule has 4 rings (SSSR count). The topological polar surface area (TPSA) is 102 Å². The standard InChI is InChI=1S/C20H19N4O4P/c1-11(2)14-9-15(17(25)10-18(14)28-29-27)19-21-22-20(26)24(19)13-4-5-16-12(8-13)6-7-23(16)3/h4-11,25H,1-3H3,(H,22,26). The molecule has 0 unspecified atom stereocenters. The number of phenols is 1. The molecule has 0 saturated carbocycles. The summed E-state index contributed by atoms with van der Waals surface area (Å²) in [4.78, 5) is 0. The number of fused-ring (bicyclic) bond motifs is 1. The van der Waals surface area contributed by atoms with Gasteiger partial charge in [-0.15, -0.1) is 5.10 Å². The maximum atomic E-state index is 10.9. The van der Waals surface area contributed by atoms with Gasteiger partial charge in [-0.1, -0.05) is 18.9 Å². The van der Waals surface area contributed by atoms with Crippen LogP contribution in [-0.2, 0) is 11.6 Å². The van der Waals surface area contributed by atoms with Crippen LogP contribution in [0.1, 0.15) is 25.3 Å². The fourth-order valence-electron chi connectivity index (χ4n) is 3.43. The predicted molar refractivity (Wildman–Crippen MR) is 109 cm³/mol. The van der Waals surface area contributed by atoms with Crippen LogP contribution in [0.15, 0.2) is 42.6 Å². The minimum atomic E-state index is -0.506. The monoisotopic (exact) mass is 410 g/mol. The molecule has 2 aromatic carbocycles. The summed E-state index contributed by atoms with van der Waals surface area (Å²) in [5.41, 5.74) is 2.83. The van der Waals surface area contributed by atoms with E-state index in [0.29, 0.717) is 17.0 Å². The van der Waals surface area contributed by atoms with Gasteiger partial charge in [-0.25, -0.2) is 9.13 Å². The Balaban J connectivity index is 1.91. The minimum Gasteiger partial charge on any atom is -0.507 e. The molecule has 2 N–H and O–H groups in total. The van der Waals surface area contributed by atoms with Gasteiger partial charge in [-0.05, 0) is 41.8 Å². The lowest BCUT2D eigenvalue weighted by Crippen LogP contribution is -2.00. The van der Waals surface area contributed by atoms with Crippen molar-refractivity contribution in [3.63, 3.8) is 0 Å². The van der Waals surface area contributed by atoms with Crippen molar-refractivity contribution in [2.75, 3.05) is 0 Å². The Labute approximate surface area is 168 Å². The first-order valence-electron chi connectivity index (χ1n) is 8.97. The summed E-state index contributed by atoms with van der Waals surface area (Å²) in [6.07, 6.45) is 1.95. The van der Waals surface area contributed by atoms with Gasteiger partial charge >= 0.3 is 14.7 Å². The maximum Gasteiger partial charge on any atom is 0.395 e. The Morgan fingerprint density at radius 1 is 1.10 bits per heavy atom. The zero-order valence-electron chi connectivity index (χ0n) is 16.1. The number of nitrogens with zero attached hydrogens (tertiary/aromatic N) is 4. The molecule has 0 fully saturated rings. The smallest absolute Gasteiger partial charge is 0.395 e. The Morgan fingerprint density at radius 3 is 2.62 bits per heavy atom. The summed E-state index contributed by atoms with van der Waals surface area (Å²) >= 11 is 0. The Morgan fingerprint density at radius 2 is 1.90 bits per heavy atom. The van der Waals surface area contributed by atoms with E-state index in [1.807, 2.05) is 55.9 Å². The molecule has 0 radical (unpaired) electrons. The van der Waals surface area contributed by atoms with Gasteiger partial charge in [-0.2, -0.15) is 0 Å². The van der Waals surface area contributed by atoms with Crippen LogP contribution >= 0.6 is 8.69 Å². The van der Waals surface area contributed by atoms with E-state index in [9.17, 15) is 14.8 Å². The molecule has 0 spiro atoms. The van der Waals surface area contributed by atoms with E-state index in [1.165, 1.54) is 10.6 Å². The fourth-order valence-corrected chi connectivity index (χ4v) is 3.67. The number of rotatable bonds is 5. The van der Waals surface area contributed by atoms with E-state index in [0.717, 1.165) is 16.5 Å². The van der Waals surface area contributed by atoms with Crippen LogP contribution in [0.4, 0.5) is 0 Å². The van der Waals surface area contributed by atoms with Crippen molar-refractivity contribution < 1.29 is 19.3 Å². The molecule has 0 bridgehead atoms. The first-order chi connectivity index (χ1) is 13.9. The summed E-state index contributed by atoms with van der Waals surface area (Å²) in [6.45, 7) is 3.91. The summed E-state index contributed by atoms with van der Waals surface area (Å²) < 4.78 is 19.5. The highest BCUT2D eigenvalue weighted by atomic mass is 31.1. The molecule has 148 valence electrons. The van der Waals surface area contributed by atoms with Crippen LogP contribution < -0.4 is 4.52 Å². The fraction of sp³-hybridized carbons (Fsp3) is 0.200. The van der Waals surface area contributed by atoms with Crippen LogP contribution in [0.25, 0.3) is 28.0 Å². The molecule has 0 saturated heterocycles. The summed E-state index contributed by atoms with van der Waals surface area (Å²) in [7, 11) is 1.45. The third-order valence-electron chi connectivity index (χ3n) is 4.90. The van der Waals surface area contributed by atoms with Gasteiger partial charge in [0.1, 0.15) is 11.5 Å². The second-order valence-electron chi connectivity index (χ2n) is 7.06. The largest absolute Gasteiger partial charge is 0.507 e. The summed E-state index contributed by atoms with van der Waals surface area (Å²) in [5.74, 6) is 0.515. The second kappa shape index (κ2) is 7.22. The molecule has 4 aromatic rings. The predicted octanol–water partition coefficient (Wildman–Crippen LogP) is 4.55. The minimum absolute atomic E-state index is 0.0386. The van der Waals surface area contributed by atoms with E-state index >= 15 is 0 Å². The lowest BCUT2D eigenvalue weighted by Gasteiger charge is -2.15. The maximum absolute atomic E-state index is 10.9. The number of hydrogen-bond acceptors (Lipinski definition) is 6. The van der Waals surface area contributed by atoms with Crippen molar-refractivity contribution in [1.29, 1.82) is 0 Å². The van der Waals surface area contributed by atoms with Gasteiger partial charge in [0.2, 0.25) is 0 Å². The molecule has 0 aliphatic rings. The quantitative estimate of drug-likeness (QED) is 0.468. The molecular weight excluding hydrogens is 391 g/mol. The number of benzene rings is 2. The zero-order chi connectivity index (χ0) is 20.7. The van der Waals surface area contributed by atoms with Gasteiger partial charge in [-0.3, -0.25) is 0 Å². The normalized spacial score (nSPS) is 11.6. The van der Waals surface area contributed by atoms with E-state index < -0.39 is 8.69 Å². The highest BCUT2D eigenvalue weighted by Gasteiger charge is 2.22. The molecule has 0 aliphatic carbocycles. The zero-order valence-corrected chi connectivity index (χ0v) is 17.0. The van der Waals surface area contributed by atoms with Gasteiger partial charge in [0.15, 0.2) is 5.82 Å². The third-order valence-corrected chi connectivity index (χ3v) is 5.17. The van der Waals surface area contributed by atoms with Crippen molar-refractivity contribution in [1.82, 2.24) is 19.3 Å². The number of hydrogen-bond donors (Lipinski definition) is 2. The Kier molecular flexibility index (Phi) is 4.72. The van der Waals surface area contributed by atoms with Crippen molar-refractivity contribution in [3.05, 3.63) is 48.2 Å². The first-order valence-corrected chi connectivity index (χ1v) is 9.70. The van der Waals surface area contributed by atoms with Crippen LogP contribution in [0.5, 0.6) is 17.5 Å². The van der Waals surface area contributed by atoms with Gasteiger partial charge < -0.3 is 19.3 Å². The molecular formula is C20H19N4O4P. The molecule has 0 aliphatic heterocycles. The highest BCUT2D eigenvalue weighted by molar-refractivity contribution is 7.17. The number of phenolic OH excluding ortho intramolecular Hbond substituents is 1. The molecule has 29 heavy (non-hydrogen) atoms. The van der Waals surface area contributed by atoms with Crippen molar-refractivity contribution >= 4 is 19.6 Å². The van der Waals surface area contributed by atoms with E-state index in [4.69, 9.17) is 4.52 Å². The molecule has 9 heteroatoms. The summed E-state index contributed by atoms with van der Waals surface area (Å²) in [5, 5.41) is 29.8. The van der Waals surface area contributed by atoms with Crippen molar-refractivity contribution in [2.45, 2.75) is 19.8 Å². The average Bonchev–Trinajstić information content (AvgIpc) is 3.24. The van der Waals surface area contributed by atoms with Crippen molar-refractivity contribution in [3.8, 4) is 34.6 Å². The second-order valence-corrected chi connectivity index (χ2v) is 7.39. The van der Waals surface area contributed by atoms with Gasteiger partial charge in [0.25, 0.3) is 0 Å². The number of aryl methyl sites for hydroxylation is 1. The Hall–Kier alpha value is -3.38. The highest BCUT2D eigenvalue weighted by Crippen LogP contribution is 2.40. The van der Waals surface area contributed by atoms with Crippen LogP contribution in [0.3, 0.4) is 0 Å². The van der Waals surface area contributed by atoms with Gasteiger partial charge in [0, 0.05) is 30.2 Å². The van der Waals surface area contributed by atoms with E-state index in [-0.39, 0.29) is 23.5 Å². The SMILES string of the molecule is CC(C)c1cc(-c2nnc(O)n2-c2ccc3c(ccn3C)c2)c(O)cc1OP=O. The average molecular weight is 410 g/mol. The number of aromatic hydroxyl groups is 2. The lowest BCUT2D eigenvalue weighted by molar-refractivity contribution is 0.420. The van der Waals surface area contributed by atoms with Crippen LogP contribution in [0.2, 0.25) is 0 Å². The van der Waals surface area contributed by atoms with Crippen LogP contribution in [0, 0.1) is 0 Å². The Bertz CT molecular complexity index is 1230. The molecule has 2 heterocycles. The number of aromatic nitrogens is 4. The molecule has 8 nitrogen and oxygen atoms in total. The molecule has 2 aromatic heterocycles. The third kappa shape index (κ3) is 3.21. The van der Waals surface area contributed by atoms with Crippen LogP contribution in [-0.4, -0.2) is 29.5 Å².